The molecule has 1 aromatic carbocycles. The van der Waals surface area contributed by atoms with Crippen LogP contribution in [0.25, 0.3) is 0 Å². The Balaban J connectivity index is 2.11. The van der Waals surface area contributed by atoms with E-state index in [4.69, 9.17) is 5.26 Å². The SMILES string of the molecule is N#Cc1cccc([C@@H]2C=CN(C(F)(F)F)C3=C2C(=O)CCC3)c1. The van der Waals surface area contributed by atoms with E-state index in [-0.39, 0.29) is 34.8 Å². The Hall–Kier alpha value is -2.55. The van der Waals surface area contributed by atoms with Crippen LogP contribution in [0.1, 0.15) is 36.3 Å². The van der Waals surface area contributed by atoms with E-state index in [0.717, 1.165) is 6.20 Å². The number of Topliss-reactive ketones (excluding diaryl/α,β-unsaturated/α-hetero) is 1. The normalized spacial score (nSPS) is 21.2. The van der Waals surface area contributed by atoms with Crippen molar-refractivity contribution in [3.05, 3.63) is 58.9 Å². The maximum absolute atomic E-state index is 13.2. The summed E-state index contributed by atoms with van der Waals surface area (Å²) in [5.74, 6) is -0.790. The molecular weight excluding hydrogens is 305 g/mol. The molecule has 0 aromatic heterocycles. The molecule has 0 bridgehead atoms. The lowest BCUT2D eigenvalue weighted by Crippen LogP contribution is -2.38. The second-order valence-corrected chi connectivity index (χ2v) is 5.53. The molecule has 3 nitrogen and oxygen atoms in total. The highest BCUT2D eigenvalue weighted by Gasteiger charge is 2.43. The van der Waals surface area contributed by atoms with Crippen LogP contribution in [0.15, 0.2) is 47.8 Å². The number of nitriles is 1. The van der Waals surface area contributed by atoms with Crippen LogP contribution in [-0.4, -0.2) is 17.0 Å². The molecular formula is C17H13F3N2O. The zero-order valence-corrected chi connectivity index (χ0v) is 12.1. The van der Waals surface area contributed by atoms with Crippen molar-refractivity contribution in [1.29, 1.82) is 5.26 Å². The van der Waals surface area contributed by atoms with E-state index in [0.29, 0.717) is 17.5 Å². The van der Waals surface area contributed by atoms with E-state index in [1.54, 1.807) is 24.3 Å². The lowest BCUT2D eigenvalue weighted by molar-refractivity contribution is -0.217. The van der Waals surface area contributed by atoms with Gasteiger partial charge in [-0.2, -0.15) is 5.26 Å². The smallest absolute Gasteiger partial charge is 0.294 e. The standard InChI is InChI=1S/C17H13F3N2O/c18-17(19,20)22-8-7-13(12-4-1-3-11(9-12)10-21)16-14(22)5-2-6-15(16)23/h1,3-4,7-9,13H,2,5-6H2/t13-/m0/s1. The van der Waals surface area contributed by atoms with Crippen molar-refractivity contribution in [2.24, 2.45) is 0 Å². The van der Waals surface area contributed by atoms with Gasteiger partial charge >= 0.3 is 6.30 Å². The van der Waals surface area contributed by atoms with Gasteiger partial charge in [0.05, 0.1) is 11.6 Å². The number of carbonyl (C=O) groups excluding carboxylic acids is 1. The van der Waals surface area contributed by atoms with Gasteiger partial charge in [0, 0.05) is 29.8 Å². The first-order chi connectivity index (χ1) is 10.9. The summed E-state index contributed by atoms with van der Waals surface area (Å²) in [6, 6.07) is 8.64. The monoisotopic (exact) mass is 318 g/mol. The van der Waals surface area contributed by atoms with Crippen molar-refractivity contribution < 1.29 is 18.0 Å². The highest BCUT2D eigenvalue weighted by molar-refractivity contribution is 5.99. The van der Waals surface area contributed by atoms with Gasteiger partial charge in [-0.05, 0) is 30.5 Å². The highest BCUT2D eigenvalue weighted by Crippen LogP contribution is 2.43. The predicted octanol–water partition coefficient (Wildman–Crippen LogP) is 4.00. The molecule has 0 amide bonds. The molecule has 0 spiro atoms. The van der Waals surface area contributed by atoms with Crippen LogP contribution in [0.5, 0.6) is 0 Å². The van der Waals surface area contributed by atoms with Crippen molar-refractivity contribution in [2.75, 3.05) is 0 Å². The van der Waals surface area contributed by atoms with Crippen LogP contribution in [0.2, 0.25) is 0 Å². The van der Waals surface area contributed by atoms with E-state index in [1.807, 2.05) is 6.07 Å². The Morgan fingerprint density at radius 1 is 1.26 bits per heavy atom. The topological polar surface area (TPSA) is 44.1 Å². The third-order valence-corrected chi connectivity index (χ3v) is 4.11. The summed E-state index contributed by atoms with van der Waals surface area (Å²) in [6.07, 6.45) is -1.28. The number of nitrogens with zero attached hydrogens (tertiary/aromatic N) is 2. The maximum atomic E-state index is 13.2. The summed E-state index contributed by atoms with van der Waals surface area (Å²) in [7, 11) is 0. The molecule has 1 aromatic rings. The quantitative estimate of drug-likeness (QED) is 0.735. The summed E-state index contributed by atoms with van der Waals surface area (Å²) in [4.78, 5) is 12.5. The summed E-state index contributed by atoms with van der Waals surface area (Å²) in [5, 5.41) is 8.99. The Kier molecular flexibility index (Phi) is 3.72. The minimum atomic E-state index is -4.55. The van der Waals surface area contributed by atoms with Gasteiger partial charge in [-0.3, -0.25) is 9.69 Å². The molecule has 6 heteroatoms. The van der Waals surface area contributed by atoms with Crippen LogP contribution >= 0.6 is 0 Å². The fraction of sp³-hybridized carbons (Fsp3) is 0.294. The maximum Gasteiger partial charge on any atom is 0.488 e. The molecule has 0 saturated heterocycles. The Labute approximate surface area is 131 Å². The number of rotatable bonds is 1. The van der Waals surface area contributed by atoms with Gasteiger partial charge in [0.25, 0.3) is 0 Å². The molecule has 0 N–H and O–H groups in total. The van der Waals surface area contributed by atoms with E-state index < -0.39 is 12.2 Å². The molecule has 1 aliphatic carbocycles. The van der Waals surface area contributed by atoms with Gasteiger partial charge < -0.3 is 0 Å². The lowest BCUT2D eigenvalue weighted by atomic mass is 9.80. The van der Waals surface area contributed by atoms with Gasteiger partial charge in [0.1, 0.15) is 0 Å². The first-order valence-corrected chi connectivity index (χ1v) is 7.22. The minimum Gasteiger partial charge on any atom is -0.294 e. The van der Waals surface area contributed by atoms with Gasteiger partial charge in [0.15, 0.2) is 5.78 Å². The molecule has 0 saturated carbocycles. The molecule has 0 unspecified atom stereocenters. The molecule has 1 aliphatic heterocycles. The fourth-order valence-electron chi connectivity index (χ4n) is 3.13. The van der Waals surface area contributed by atoms with Crippen LogP contribution in [0.4, 0.5) is 13.2 Å². The molecule has 1 heterocycles. The number of benzene rings is 1. The summed E-state index contributed by atoms with van der Waals surface area (Å²) < 4.78 is 39.5. The number of ketones is 1. The number of hydrogen-bond donors (Lipinski definition) is 0. The van der Waals surface area contributed by atoms with Crippen molar-refractivity contribution in [2.45, 2.75) is 31.5 Å². The third-order valence-electron chi connectivity index (χ3n) is 4.11. The first-order valence-electron chi connectivity index (χ1n) is 7.22. The van der Waals surface area contributed by atoms with E-state index in [2.05, 4.69) is 0 Å². The van der Waals surface area contributed by atoms with Crippen molar-refractivity contribution in [3.63, 3.8) is 0 Å². The Morgan fingerprint density at radius 2 is 2.04 bits per heavy atom. The average Bonchev–Trinajstić information content (AvgIpc) is 2.53. The Morgan fingerprint density at radius 3 is 2.74 bits per heavy atom. The molecule has 0 fully saturated rings. The number of alkyl halides is 3. The largest absolute Gasteiger partial charge is 0.488 e. The minimum absolute atomic E-state index is 0.0311. The average molecular weight is 318 g/mol. The number of hydrogen-bond acceptors (Lipinski definition) is 3. The summed E-state index contributed by atoms with van der Waals surface area (Å²) in [5.41, 5.74) is 1.30. The molecule has 0 radical (unpaired) electrons. The number of halogens is 3. The summed E-state index contributed by atoms with van der Waals surface area (Å²) >= 11 is 0. The number of allylic oxidation sites excluding steroid dienone is 3. The second kappa shape index (κ2) is 5.58. The molecule has 2 aliphatic rings. The Bertz CT molecular complexity index is 756. The molecule has 118 valence electrons. The highest BCUT2D eigenvalue weighted by atomic mass is 19.4. The summed E-state index contributed by atoms with van der Waals surface area (Å²) in [6.45, 7) is 0. The van der Waals surface area contributed by atoms with Gasteiger partial charge in [-0.25, -0.2) is 0 Å². The van der Waals surface area contributed by atoms with Gasteiger partial charge in [0.2, 0.25) is 0 Å². The second-order valence-electron chi connectivity index (χ2n) is 5.53. The van der Waals surface area contributed by atoms with Gasteiger partial charge in [-0.15, -0.1) is 13.2 Å². The van der Waals surface area contributed by atoms with Crippen LogP contribution < -0.4 is 0 Å². The van der Waals surface area contributed by atoms with Crippen LogP contribution in [0.3, 0.4) is 0 Å². The van der Waals surface area contributed by atoms with E-state index in [1.165, 1.54) is 6.08 Å². The fourth-order valence-corrected chi connectivity index (χ4v) is 3.13. The van der Waals surface area contributed by atoms with Crippen molar-refractivity contribution in [3.8, 4) is 6.07 Å². The zero-order chi connectivity index (χ0) is 16.6. The van der Waals surface area contributed by atoms with Crippen molar-refractivity contribution in [1.82, 2.24) is 4.90 Å². The van der Waals surface area contributed by atoms with Crippen molar-refractivity contribution >= 4 is 5.78 Å². The molecule has 3 rings (SSSR count). The van der Waals surface area contributed by atoms with Crippen LogP contribution in [-0.2, 0) is 4.79 Å². The number of carbonyl (C=O) groups is 1. The van der Waals surface area contributed by atoms with Gasteiger partial charge in [-0.1, -0.05) is 18.2 Å². The predicted molar refractivity (Wildman–Crippen MR) is 76.8 cm³/mol. The molecule has 23 heavy (non-hydrogen) atoms. The van der Waals surface area contributed by atoms with E-state index >= 15 is 0 Å². The van der Waals surface area contributed by atoms with Crippen LogP contribution in [0, 0.1) is 11.3 Å². The first kappa shape index (κ1) is 15.3. The van der Waals surface area contributed by atoms with E-state index in [9.17, 15) is 18.0 Å². The third kappa shape index (κ3) is 2.74. The zero-order valence-electron chi connectivity index (χ0n) is 12.1. The lowest BCUT2D eigenvalue weighted by Gasteiger charge is -2.36. The molecule has 1 atom stereocenters.